The molecule has 4 aromatic rings. The second-order valence-corrected chi connectivity index (χ2v) is 10.1. The van der Waals surface area contributed by atoms with Gasteiger partial charge in [-0.2, -0.15) is 5.10 Å². The third kappa shape index (κ3) is 4.51. The van der Waals surface area contributed by atoms with Crippen molar-refractivity contribution in [3.8, 4) is 11.4 Å². The van der Waals surface area contributed by atoms with Crippen LogP contribution in [0.4, 0.5) is 5.69 Å². The molecular weight excluding hydrogens is 472 g/mol. The van der Waals surface area contributed by atoms with E-state index in [9.17, 15) is 4.79 Å². The molecule has 3 heterocycles. The molecule has 1 amide bonds. The van der Waals surface area contributed by atoms with Crippen molar-refractivity contribution in [1.82, 2.24) is 24.6 Å². The predicted molar refractivity (Wildman–Crippen MR) is 141 cm³/mol. The summed E-state index contributed by atoms with van der Waals surface area (Å²) < 4.78 is 7.38. The number of thioether (sulfide) groups is 1. The lowest BCUT2D eigenvalue weighted by molar-refractivity contribution is -0.128. The molecule has 0 bridgehead atoms. The van der Waals surface area contributed by atoms with Gasteiger partial charge in [0.1, 0.15) is 16.6 Å². The van der Waals surface area contributed by atoms with Gasteiger partial charge in [0.25, 0.3) is 0 Å². The molecule has 2 fully saturated rings. The van der Waals surface area contributed by atoms with Gasteiger partial charge in [-0.15, -0.1) is 0 Å². The van der Waals surface area contributed by atoms with E-state index >= 15 is 0 Å². The highest BCUT2D eigenvalue weighted by molar-refractivity contribution is 8.00. The molecule has 1 saturated carbocycles. The molecule has 0 radical (unpaired) electrons. The monoisotopic (exact) mass is 500 g/mol. The Balaban J connectivity index is 1.16. The van der Waals surface area contributed by atoms with Crippen LogP contribution in [0.1, 0.15) is 24.6 Å². The third-order valence-corrected chi connectivity index (χ3v) is 7.72. The summed E-state index contributed by atoms with van der Waals surface area (Å²) in [6, 6.07) is 18.1. The summed E-state index contributed by atoms with van der Waals surface area (Å²) in [4.78, 5) is 27.1. The van der Waals surface area contributed by atoms with Gasteiger partial charge in [-0.25, -0.2) is 14.6 Å². The van der Waals surface area contributed by atoms with E-state index in [1.807, 2.05) is 64.3 Å². The molecule has 1 saturated heterocycles. The van der Waals surface area contributed by atoms with Gasteiger partial charge in [0.2, 0.25) is 5.91 Å². The van der Waals surface area contributed by atoms with Crippen molar-refractivity contribution in [2.24, 2.45) is 0 Å². The van der Waals surface area contributed by atoms with E-state index in [4.69, 9.17) is 14.7 Å². The lowest BCUT2D eigenvalue weighted by Gasteiger charge is -2.36. The maximum Gasteiger partial charge on any atom is 0.233 e. The number of hydrogen-bond donors (Lipinski definition) is 0. The Bertz CT molecular complexity index is 1380. The largest absolute Gasteiger partial charge is 0.495 e. The first kappa shape index (κ1) is 22.8. The zero-order chi connectivity index (χ0) is 24.5. The number of carbonyl (C=O) groups is 1. The number of nitrogens with zero attached hydrogens (tertiary/aromatic N) is 6. The van der Waals surface area contributed by atoms with Crippen LogP contribution in [0.15, 0.2) is 65.8 Å². The number of fused-ring (bicyclic) bond motifs is 1. The van der Waals surface area contributed by atoms with E-state index in [0.717, 1.165) is 64.9 Å². The van der Waals surface area contributed by atoms with Gasteiger partial charge < -0.3 is 14.5 Å². The van der Waals surface area contributed by atoms with Crippen molar-refractivity contribution in [1.29, 1.82) is 0 Å². The molecular formula is C27H28N6O2S. The molecule has 0 atom stereocenters. The fourth-order valence-corrected chi connectivity index (χ4v) is 5.50. The fourth-order valence-electron chi connectivity index (χ4n) is 4.60. The highest BCUT2D eigenvalue weighted by Gasteiger charge is 2.29. The van der Waals surface area contributed by atoms with E-state index in [1.165, 1.54) is 11.8 Å². The third-order valence-electron chi connectivity index (χ3n) is 6.74. The van der Waals surface area contributed by atoms with Crippen LogP contribution in [0, 0.1) is 0 Å². The first-order chi connectivity index (χ1) is 17.7. The number of carbonyl (C=O) groups excluding carboxylic acids is 1. The average molecular weight is 501 g/mol. The van der Waals surface area contributed by atoms with Gasteiger partial charge in [0.15, 0.2) is 5.65 Å². The van der Waals surface area contributed by atoms with Gasteiger partial charge >= 0.3 is 0 Å². The Morgan fingerprint density at radius 1 is 1.00 bits per heavy atom. The Morgan fingerprint density at radius 2 is 1.75 bits per heavy atom. The van der Waals surface area contributed by atoms with Crippen LogP contribution in [0.5, 0.6) is 5.75 Å². The maximum absolute atomic E-state index is 13.1. The van der Waals surface area contributed by atoms with Gasteiger partial charge in [-0.05, 0) is 37.1 Å². The second kappa shape index (κ2) is 9.81. The summed E-state index contributed by atoms with van der Waals surface area (Å²) in [6.07, 6.45) is 4.05. The van der Waals surface area contributed by atoms with E-state index in [0.29, 0.717) is 24.8 Å². The summed E-state index contributed by atoms with van der Waals surface area (Å²) in [6.45, 7) is 2.94. The van der Waals surface area contributed by atoms with Crippen molar-refractivity contribution in [3.05, 3.63) is 66.6 Å². The van der Waals surface area contributed by atoms with Crippen molar-refractivity contribution < 1.29 is 9.53 Å². The standard InChI is InChI=1S/C27H28N6O2S/c1-35-23-10-6-5-9-22(23)31-13-15-32(16-14-31)24(34)18-36-27-21-17-28-33(20-7-3-2-4-8-20)26(21)29-25(30-27)19-11-12-19/h2-10,17,19H,11-16,18H2,1H3. The lowest BCUT2D eigenvalue weighted by atomic mass is 10.2. The highest BCUT2D eigenvalue weighted by Crippen LogP contribution is 2.40. The number of rotatable bonds is 7. The minimum atomic E-state index is 0.134. The fraction of sp³-hybridized carbons (Fsp3) is 0.333. The van der Waals surface area contributed by atoms with Crippen LogP contribution in [0.2, 0.25) is 0 Å². The second-order valence-electron chi connectivity index (χ2n) is 9.12. The molecule has 0 unspecified atom stereocenters. The Labute approximate surface area is 214 Å². The minimum absolute atomic E-state index is 0.134. The number of piperazine rings is 1. The van der Waals surface area contributed by atoms with Crippen LogP contribution in [-0.4, -0.2) is 69.6 Å². The molecule has 9 heteroatoms. The first-order valence-electron chi connectivity index (χ1n) is 12.3. The average Bonchev–Trinajstić information content (AvgIpc) is 3.71. The predicted octanol–water partition coefficient (Wildman–Crippen LogP) is 4.14. The highest BCUT2D eigenvalue weighted by atomic mass is 32.2. The Hall–Kier alpha value is -3.59. The van der Waals surface area contributed by atoms with Gasteiger partial charge in [0.05, 0.1) is 35.8 Å². The summed E-state index contributed by atoms with van der Waals surface area (Å²) in [5, 5.41) is 6.33. The minimum Gasteiger partial charge on any atom is -0.495 e. The van der Waals surface area contributed by atoms with E-state index in [-0.39, 0.29) is 5.91 Å². The van der Waals surface area contributed by atoms with Crippen LogP contribution in [0.25, 0.3) is 16.7 Å². The van der Waals surface area contributed by atoms with E-state index in [1.54, 1.807) is 7.11 Å². The number of benzene rings is 2. The molecule has 0 spiro atoms. The van der Waals surface area contributed by atoms with E-state index < -0.39 is 0 Å². The number of anilines is 1. The molecule has 6 rings (SSSR count). The Morgan fingerprint density at radius 3 is 2.50 bits per heavy atom. The molecule has 36 heavy (non-hydrogen) atoms. The normalized spacial score (nSPS) is 15.9. The number of hydrogen-bond acceptors (Lipinski definition) is 7. The van der Waals surface area contributed by atoms with Crippen molar-refractivity contribution >= 4 is 34.4 Å². The topological polar surface area (TPSA) is 76.4 Å². The molecule has 8 nitrogen and oxygen atoms in total. The summed E-state index contributed by atoms with van der Waals surface area (Å²) in [7, 11) is 1.69. The molecule has 1 aliphatic heterocycles. The van der Waals surface area contributed by atoms with Crippen LogP contribution < -0.4 is 9.64 Å². The van der Waals surface area contributed by atoms with Crippen molar-refractivity contribution in [2.75, 3.05) is 43.9 Å². The van der Waals surface area contributed by atoms with Gasteiger partial charge in [-0.1, -0.05) is 42.1 Å². The number of ether oxygens (including phenoxy) is 1. The molecule has 1 aliphatic carbocycles. The summed E-state index contributed by atoms with van der Waals surface area (Å²) in [5.74, 6) is 2.62. The number of methoxy groups -OCH3 is 1. The Kier molecular flexibility index (Phi) is 6.23. The van der Waals surface area contributed by atoms with Crippen LogP contribution in [-0.2, 0) is 4.79 Å². The number of para-hydroxylation sites is 3. The summed E-state index contributed by atoms with van der Waals surface area (Å²) >= 11 is 1.49. The molecule has 184 valence electrons. The number of amides is 1. The SMILES string of the molecule is COc1ccccc1N1CCN(C(=O)CSc2nc(C3CC3)nc3c2cnn3-c2ccccc2)CC1. The lowest BCUT2D eigenvalue weighted by Crippen LogP contribution is -2.49. The van der Waals surface area contributed by atoms with Crippen LogP contribution >= 0.6 is 11.8 Å². The summed E-state index contributed by atoms with van der Waals surface area (Å²) in [5.41, 5.74) is 2.85. The van der Waals surface area contributed by atoms with Crippen molar-refractivity contribution in [3.63, 3.8) is 0 Å². The quantitative estimate of drug-likeness (QED) is 0.279. The maximum atomic E-state index is 13.1. The molecule has 2 aromatic heterocycles. The number of aromatic nitrogens is 4. The first-order valence-corrected chi connectivity index (χ1v) is 13.3. The zero-order valence-corrected chi connectivity index (χ0v) is 21.0. The van der Waals surface area contributed by atoms with Crippen LogP contribution in [0.3, 0.4) is 0 Å². The molecule has 2 aliphatic rings. The van der Waals surface area contributed by atoms with Crippen molar-refractivity contribution in [2.45, 2.75) is 23.8 Å². The smallest absolute Gasteiger partial charge is 0.233 e. The zero-order valence-electron chi connectivity index (χ0n) is 20.2. The van der Waals surface area contributed by atoms with Gasteiger partial charge in [0, 0.05) is 32.1 Å². The van der Waals surface area contributed by atoms with E-state index in [2.05, 4.69) is 16.1 Å². The molecule has 0 N–H and O–H groups in total. The molecule has 2 aromatic carbocycles. The van der Waals surface area contributed by atoms with Gasteiger partial charge in [-0.3, -0.25) is 4.79 Å².